The van der Waals surface area contributed by atoms with E-state index >= 15 is 0 Å². The van der Waals surface area contributed by atoms with Gasteiger partial charge >= 0.3 is 0 Å². The standard InChI is InChI=1S/C23H27ClN2O/c1-17-14-20-4-2-3-5-22(20)26(17)23(27)16-25-12-10-19(11-13-25)15-18-6-8-21(24)9-7-18/h2-9,17,19H,10-16H2,1H3. The second-order valence-electron chi connectivity index (χ2n) is 8.00. The molecule has 27 heavy (non-hydrogen) atoms. The first-order valence-corrected chi connectivity index (χ1v) is 10.3. The van der Waals surface area contributed by atoms with Gasteiger partial charge < -0.3 is 4.90 Å². The average molecular weight is 383 g/mol. The minimum absolute atomic E-state index is 0.239. The van der Waals surface area contributed by atoms with Gasteiger partial charge in [-0.05, 0) is 80.9 Å². The fourth-order valence-electron chi connectivity index (χ4n) is 4.52. The van der Waals surface area contributed by atoms with Crippen LogP contribution in [0.2, 0.25) is 5.02 Å². The molecule has 0 saturated carbocycles. The molecule has 2 heterocycles. The summed E-state index contributed by atoms with van der Waals surface area (Å²) in [5.74, 6) is 0.938. The van der Waals surface area contributed by atoms with E-state index in [9.17, 15) is 4.79 Å². The summed E-state index contributed by atoms with van der Waals surface area (Å²) in [7, 11) is 0. The Kier molecular flexibility index (Phi) is 5.51. The number of amides is 1. The van der Waals surface area contributed by atoms with Gasteiger partial charge in [0.05, 0.1) is 6.54 Å². The van der Waals surface area contributed by atoms with Gasteiger partial charge in [0.1, 0.15) is 0 Å². The van der Waals surface area contributed by atoms with Crippen LogP contribution in [0.1, 0.15) is 30.9 Å². The van der Waals surface area contributed by atoms with Crippen molar-refractivity contribution in [2.24, 2.45) is 5.92 Å². The molecule has 142 valence electrons. The van der Waals surface area contributed by atoms with Gasteiger partial charge in [0.2, 0.25) is 5.91 Å². The fraction of sp³-hybridized carbons (Fsp3) is 0.435. The van der Waals surface area contributed by atoms with Crippen LogP contribution in [0.25, 0.3) is 0 Å². The van der Waals surface area contributed by atoms with E-state index in [0.717, 1.165) is 49.5 Å². The van der Waals surface area contributed by atoms with Crippen molar-refractivity contribution in [2.75, 3.05) is 24.5 Å². The van der Waals surface area contributed by atoms with E-state index in [4.69, 9.17) is 11.6 Å². The van der Waals surface area contributed by atoms with Crippen molar-refractivity contribution in [2.45, 2.75) is 38.6 Å². The van der Waals surface area contributed by atoms with Crippen LogP contribution in [-0.4, -0.2) is 36.5 Å². The Bertz CT molecular complexity index is 796. The van der Waals surface area contributed by atoms with Gasteiger partial charge in [-0.25, -0.2) is 0 Å². The zero-order valence-electron chi connectivity index (χ0n) is 15.9. The number of anilines is 1. The molecule has 0 radical (unpaired) electrons. The molecule has 4 rings (SSSR count). The number of carbonyl (C=O) groups is 1. The van der Waals surface area contributed by atoms with E-state index in [1.165, 1.54) is 11.1 Å². The molecule has 2 aliphatic heterocycles. The van der Waals surface area contributed by atoms with Crippen molar-refractivity contribution in [3.05, 3.63) is 64.7 Å². The van der Waals surface area contributed by atoms with Gasteiger partial charge in [0.25, 0.3) is 0 Å². The van der Waals surface area contributed by atoms with Crippen LogP contribution in [0.5, 0.6) is 0 Å². The van der Waals surface area contributed by atoms with Crippen molar-refractivity contribution in [3.8, 4) is 0 Å². The van der Waals surface area contributed by atoms with Crippen LogP contribution in [0.15, 0.2) is 48.5 Å². The second kappa shape index (κ2) is 8.04. The maximum atomic E-state index is 13.0. The third-order valence-electron chi connectivity index (χ3n) is 5.98. The topological polar surface area (TPSA) is 23.6 Å². The van der Waals surface area contributed by atoms with Gasteiger partial charge in [-0.1, -0.05) is 41.9 Å². The molecule has 1 saturated heterocycles. The van der Waals surface area contributed by atoms with Crippen molar-refractivity contribution in [1.29, 1.82) is 0 Å². The first-order valence-electron chi connectivity index (χ1n) is 9.97. The number of likely N-dealkylation sites (tertiary alicyclic amines) is 1. The first kappa shape index (κ1) is 18.5. The van der Waals surface area contributed by atoms with Crippen LogP contribution < -0.4 is 4.90 Å². The number of para-hydroxylation sites is 1. The van der Waals surface area contributed by atoms with E-state index in [1.807, 2.05) is 23.1 Å². The second-order valence-corrected chi connectivity index (χ2v) is 8.43. The van der Waals surface area contributed by atoms with Crippen LogP contribution in [0.4, 0.5) is 5.69 Å². The zero-order valence-corrected chi connectivity index (χ0v) is 16.7. The number of benzene rings is 2. The maximum Gasteiger partial charge on any atom is 0.241 e. The highest BCUT2D eigenvalue weighted by molar-refractivity contribution is 6.30. The lowest BCUT2D eigenvalue weighted by Crippen LogP contribution is -2.45. The third-order valence-corrected chi connectivity index (χ3v) is 6.23. The normalized spacial score (nSPS) is 20.7. The summed E-state index contributed by atoms with van der Waals surface area (Å²) < 4.78 is 0. The lowest BCUT2D eigenvalue weighted by atomic mass is 9.90. The predicted octanol–water partition coefficient (Wildman–Crippen LogP) is 4.57. The summed E-state index contributed by atoms with van der Waals surface area (Å²) >= 11 is 5.98. The molecular formula is C23H27ClN2O. The minimum atomic E-state index is 0.239. The Morgan fingerprint density at radius 1 is 1.07 bits per heavy atom. The molecule has 0 aliphatic carbocycles. The van der Waals surface area contributed by atoms with E-state index in [0.29, 0.717) is 12.5 Å². The van der Waals surface area contributed by atoms with Gasteiger partial charge in [0, 0.05) is 16.8 Å². The highest BCUT2D eigenvalue weighted by atomic mass is 35.5. The number of hydrogen-bond acceptors (Lipinski definition) is 2. The fourth-order valence-corrected chi connectivity index (χ4v) is 4.64. The Morgan fingerprint density at radius 2 is 1.78 bits per heavy atom. The lowest BCUT2D eigenvalue weighted by molar-refractivity contribution is -0.120. The summed E-state index contributed by atoms with van der Waals surface area (Å²) in [6.45, 7) is 4.70. The molecule has 4 heteroatoms. The molecule has 0 aromatic heterocycles. The molecule has 0 bridgehead atoms. The summed E-state index contributed by atoms with van der Waals surface area (Å²) in [6, 6.07) is 16.8. The molecule has 0 N–H and O–H groups in total. The Hall–Kier alpha value is -1.84. The summed E-state index contributed by atoms with van der Waals surface area (Å²) in [4.78, 5) is 17.3. The first-order chi connectivity index (χ1) is 13.1. The molecule has 2 aromatic rings. The van der Waals surface area contributed by atoms with Crippen molar-refractivity contribution >= 4 is 23.2 Å². The number of piperidine rings is 1. The maximum absolute atomic E-state index is 13.0. The van der Waals surface area contributed by atoms with Gasteiger partial charge in [-0.15, -0.1) is 0 Å². The van der Waals surface area contributed by atoms with Crippen molar-refractivity contribution in [1.82, 2.24) is 4.90 Å². The van der Waals surface area contributed by atoms with Gasteiger partial charge in [0.15, 0.2) is 0 Å². The molecule has 1 fully saturated rings. The Morgan fingerprint density at radius 3 is 2.52 bits per heavy atom. The van der Waals surface area contributed by atoms with E-state index in [-0.39, 0.29) is 11.9 Å². The quantitative estimate of drug-likeness (QED) is 0.773. The van der Waals surface area contributed by atoms with Crippen LogP contribution in [0, 0.1) is 5.92 Å². The number of nitrogens with zero attached hydrogens (tertiary/aromatic N) is 2. The summed E-state index contributed by atoms with van der Waals surface area (Å²) in [5, 5.41) is 0.796. The molecule has 2 aromatic carbocycles. The number of hydrogen-bond donors (Lipinski definition) is 0. The molecule has 3 nitrogen and oxygen atoms in total. The van der Waals surface area contributed by atoms with E-state index in [2.05, 4.69) is 42.2 Å². The van der Waals surface area contributed by atoms with Crippen LogP contribution >= 0.6 is 11.6 Å². The summed E-state index contributed by atoms with van der Waals surface area (Å²) in [5.41, 5.74) is 3.75. The van der Waals surface area contributed by atoms with Crippen LogP contribution in [0.3, 0.4) is 0 Å². The number of halogens is 1. The minimum Gasteiger partial charge on any atom is -0.308 e. The van der Waals surface area contributed by atoms with Crippen LogP contribution in [-0.2, 0) is 17.6 Å². The molecule has 1 unspecified atom stereocenters. The smallest absolute Gasteiger partial charge is 0.241 e. The van der Waals surface area contributed by atoms with E-state index in [1.54, 1.807) is 0 Å². The van der Waals surface area contributed by atoms with Gasteiger partial charge in [-0.3, -0.25) is 9.69 Å². The third kappa shape index (κ3) is 4.20. The predicted molar refractivity (Wildman–Crippen MR) is 111 cm³/mol. The Labute approximate surface area is 166 Å². The molecule has 1 atom stereocenters. The highest BCUT2D eigenvalue weighted by Crippen LogP contribution is 2.32. The monoisotopic (exact) mass is 382 g/mol. The highest BCUT2D eigenvalue weighted by Gasteiger charge is 2.32. The van der Waals surface area contributed by atoms with Gasteiger partial charge in [-0.2, -0.15) is 0 Å². The number of rotatable bonds is 4. The molecule has 0 spiro atoms. The largest absolute Gasteiger partial charge is 0.308 e. The lowest BCUT2D eigenvalue weighted by Gasteiger charge is -2.33. The number of fused-ring (bicyclic) bond motifs is 1. The Balaban J connectivity index is 1.30. The van der Waals surface area contributed by atoms with Crippen molar-refractivity contribution < 1.29 is 4.79 Å². The summed E-state index contributed by atoms with van der Waals surface area (Å²) in [6.07, 6.45) is 4.38. The molecule has 2 aliphatic rings. The SMILES string of the molecule is CC1Cc2ccccc2N1C(=O)CN1CCC(Cc2ccc(Cl)cc2)CC1. The zero-order chi connectivity index (χ0) is 18.8. The average Bonchev–Trinajstić information content (AvgIpc) is 3.01. The molecular weight excluding hydrogens is 356 g/mol. The van der Waals surface area contributed by atoms with E-state index < -0.39 is 0 Å². The molecule has 1 amide bonds. The van der Waals surface area contributed by atoms with Crippen molar-refractivity contribution in [3.63, 3.8) is 0 Å². The number of carbonyl (C=O) groups excluding carboxylic acids is 1.